The molecule has 1 fully saturated rings. The number of furan rings is 1. The number of methoxy groups -OCH3 is 1. The molecular weight excluding hydrogens is 354 g/mol. The maximum Gasteiger partial charge on any atom is 0.268 e. The van der Waals surface area contributed by atoms with Gasteiger partial charge in [0.05, 0.1) is 12.6 Å². The molecule has 1 aliphatic rings. The van der Waals surface area contributed by atoms with E-state index in [0.29, 0.717) is 18.8 Å². The number of nitrogens with one attached hydrogen (secondary N) is 1. The highest BCUT2D eigenvalue weighted by molar-refractivity contribution is 5.97. The SMILES string of the molecule is COc1cccc(Cn2c(C(=O)NCCN3CCCC3)cc3oc(C)cc32)c1. The van der Waals surface area contributed by atoms with Crippen molar-refractivity contribution in [1.29, 1.82) is 0 Å². The van der Waals surface area contributed by atoms with E-state index in [-0.39, 0.29) is 5.91 Å². The number of likely N-dealkylation sites (tertiary alicyclic amines) is 1. The van der Waals surface area contributed by atoms with E-state index in [4.69, 9.17) is 9.15 Å². The zero-order chi connectivity index (χ0) is 19.5. The van der Waals surface area contributed by atoms with E-state index >= 15 is 0 Å². The Hall–Kier alpha value is -2.73. The first kappa shape index (κ1) is 18.6. The number of benzene rings is 1. The second kappa shape index (κ2) is 8.10. The van der Waals surface area contributed by atoms with Gasteiger partial charge in [0.15, 0.2) is 5.58 Å². The van der Waals surface area contributed by atoms with E-state index in [0.717, 1.165) is 47.8 Å². The van der Waals surface area contributed by atoms with Gasteiger partial charge in [-0.25, -0.2) is 0 Å². The number of carbonyl (C=O) groups excluding carboxylic acids is 1. The van der Waals surface area contributed by atoms with Crippen LogP contribution in [-0.2, 0) is 6.54 Å². The Labute approximate surface area is 165 Å². The summed E-state index contributed by atoms with van der Waals surface area (Å²) in [6, 6.07) is 11.7. The topological polar surface area (TPSA) is 59.6 Å². The Morgan fingerprint density at radius 1 is 1.21 bits per heavy atom. The molecule has 6 nitrogen and oxygen atoms in total. The minimum atomic E-state index is -0.0638. The molecule has 1 aliphatic heterocycles. The molecule has 1 N–H and O–H groups in total. The summed E-state index contributed by atoms with van der Waals surface area (Å²) in [4.78, 5) is 15.3. The molecule has 0 spiro atoms. The molecule has 28 heavy (non-hydrogen) atoms. The number of aryl methyl sites for hydroxylation is 1. The number of amides is 1. The van der Waals surface area contributed by atoms with E-state index in [9.17, 15) is 4.79 Å². The van der Waals surface area contributed by atoms with Gasteiger partial charge in [0, 0.05) is 31.8 Å². The van der Waals surface area contributed by atoms with Gasteiger partial charge in [0.2, 0.25) is 0 Å². The summed E-state index contributed by atoms with van der Waals surface area (Å²) in [5.74, 6) is 1.58. The van der Waals surface area contributed by atoms with Crippen molar-refractivity contribution in [3.8, 4) is 5.75 Å². The standard InChI is InChI=1S/C22H27N3O3/c1-16-12-19-21(28-16)14-20(22(26)23-8-11-24-9-3-4-10-24)25(19)15-17-6-5-7-18(13-17)27-2/h5-7,12-14H,3-4,8-11,15H2,1-2H3,(H,23,26). The molecular formula is C22H27N3O3. The molecule has 1 saturated heterocycles. The second-order valence-corrected chi connectivity index (χ2v) is 7.38. The number of carbonyl (C=O) groups is 1. The van der Waals surface area contributed by atoms with Crippen molar-refractivity contribution in [3.05, 3.63) is 53.4 Å². The van der Waals surface area contributed by atoms with Crippen molar-refractivity contribution in [3.63, 3.8) is 0 Å². The summed E-state index contributed by atoms with van der Waals surface area (Å²) in [5, 5.41) is 3.07. The molecule has 3 heterocycles. The van der Waals surface area contributed by atoms with Crippen molar-refractivity contribution >= 4 is 17.0 Å². The number of aromatic nitrogens is 1. The van der Waals surface area contributed by atoms with Crippen LogP contribution in [0.3, 0.4) is 0 Å². The van der Waals surface area contributed by atoms with E-state index in [1.54, 1.807) is 7.11 Å². The molecule has 4 rings (SSSR count). The number of fused-ring (bicyclic) bond motifs is 1. The summed E-state index contributed by atoms with van der Waals surface area (Å²) in [6.45, 7) is 6.32. The average Bonchev–Trinajstić information content (AvgIpc) is 3.40. The molecule has 148 valence electrons. The molecule has 1 aromatic carbocycles. The molecule has 2 aromatic heterocycles. The van der Waals surface area contributed by atoms with Crippen molar-refractivity contribution in [2.24, 2.45) is 0 Å². The van der Waals surface area contributed by atoms with Gasteiger partial charge in [-0.2, -0.15) is 0 Å². The van der Waals surface area contributed by atoms with E-state index in [1.165, 1.54) is 12.8 Å². The number of ether oxygens (including phenoxy) is 1. The normalized spacial score (nSPS) is 14.6. The average molecular weight is 381 g/mol. The second-order valence-electron chi connectivity index (χ2n) is 7.38. The fourth-order valence-corrected chi connectivity index (χ4v) is 3.90. The molecule has 0 radical (unpaired) electrons. The van der Waals surface area contributed by atoms with Crippen LogP contribution in [0.5, 0.6) is 5.75 Å². The lowest BCUT2D eigenvalue weighted by atomic mass is 10.2. The minimum absolute atomic E-state index is 0.0638. The molecule has 0 aliphatic carbocycles. The fourth-order valence-electron chi connectivity index (χ4n) is 3.90. The molecule has 0 saturated carbocycles. The van der Waals surface area contributed by atoms with Crippen LogP contribution in [0.1, 0.15) is 34.7 Å². The lowest BCUT2D eigenvalue weighted by Crippen LogP contribution is -2.34. The van der Waals surface area contributed by atoms with Gasteiger partial charge in [-0.05, 0) is 50.6 Å². The fraction of sp³-hybridized carbons (Fsp3) is 0.409. The van der Waals surface area contributed by atoms with Gasteiger partial charge in [-0.1, -0.05) is 12.1 Å². The summed E-state index contributed by atoms with van der Waals surface area (Å²) in [7, 11) is 1.66. The van der Waals surface area contributed by atoms with Crippen LogP contribution in [0.4, 0.5) is 0 Å². The summed E-state index contributed by atoms with van der Waals surface area (Å²) in [5.41, 5.74) is 3.37. The van der Waals surface area contributed by atoms with Gasteiger partial charge < -0.3 is 23.9 Å². The summed E-state index contributed by atoms with van der Waals surface area (Å²) < 4.78 is 13.1. The smallest absolute Gasteiger partial charge is 0.268 e. The molecule has 0 unspecified atom stereocenters. The Bertz CT molecular complexity index is 967. The zero-order valence-electron chi connectivity index (χ0n) is 16.5. The summed E-state index contributed by atoms with van der Waals surface area (Å²) >= 11 is 0. The van der Waals surface area contributed by atoms with Gasteiger partial charge in [-0.3, -0.25) is 4.79 Å². The minimum Gasteiger partial charge on any atom is -0.497 e. The number of rotatable bonds is 7. The van der Waals surface area contributed by atoms with Crippen molar-refractivity contribution in [2.45, 2.75) is 26.3 Å². The lowest BCUT2D eigenvalue weighted by molar-refractivity contribution is 0.0941. The van der Waals surface area contributed by atoms with Crippen LogP contribution < -0.4 is 10.1 Å². The number of hydrogen-bond acceptors (Lipinski definition) is 4. The zero-order valence-corrected chi connectivity index (χ0v) is 16.5. The van der Waals surface area contributed by atoms with Crippen LogP contribution in [0.15, 0.2) is 40.8 Å². The van der Waals surface area contributed by atoms with Crippen molar-refractivity contribution in [2.75, 3.05) is 33.3 Å². The van der Waals surface area contributed by atoms with Crippen LogP contribution >= 0.6 is 0 Å². The maximum atomic E-state index is 12.9. The summed E-state index contributed by atoms with van der Waals surface area (Å²) in [6.07, 6.45) is 2.51. The van der Waals surface area contributed by atoms with Gasteiger partial charge in [0.1, 0.15) is 17.2 Å². The van der Waals surface area contributed by atoms with Crippen molar-refractivity contribution < 1.29 is 13.9 Å². The molecule has 0 bridgehead atoms. The Balaban J connectivity index is 1.55. The third-order valence-electron chi connectivity index (χ3n) is 5.33. The van der Waals surface area contributed by atoms with Gasteiger partial charge in [-0.15, -0.1) is 0 Å². The highest BCUT2D eigenvalue weighted by Crippen LogP contribution is 2.25. The highest BCUT2D eigenvalue weighted by atomic mass is 16.5. The Morgan fingerprint density at radius 3 is 2.82 bits per heavy atom. The van der Waals surface area contributed by atoms with Crippen LogP contribution in [0.25, 0.3) is 11.1 Å². The Kier molecular flexibility index (Phi) is 5.39. The Morgan fingerprint density at radius 2 is 2.04 bits per heavy atom. The van der Waals surface area contributed by atoms with E-state index < -0.39 is 0 Å². The van der Waals surface area contributed by atoms with Crippen LogP contribution in [0, 0.1) is 6.92 Å². The third kappa shape index (κ3) is 3.92. The number of hydrogen-bond donors (Lipinski definition) is 1. The quantitative estimate of drug-likeness (QED) is 0.681. The van der Waals surface area contributed by atoms with Gasteiger partial charge in [0.25, 0.3) is 5.91 Å². The highest BCUT2D eigenvalue weighted by Gasteiger charge is 2.19. The predicted molar refractivity (Wildman–Crippen MR) is 109 cm³/mol. The lowest BCUT2D eigenvalue weighted by Gasteiger charge is -2.15. The molecule has 3 aromatic rings. The molecule has 1 amide bonds. The molecule has 6 heteroatoms. The first-order chi connectivity index (χ1) is 13.6. The third-order valence-corrected chi connectivity index (χ3v) is 5.33. The van der Waals surface area contributed by atoms with Crippen molar-refractivity contribution in [1.82, 2.24) is 14.8 Å². The van der Waals surface area contributed by atoms with E-state index in [2.05, 4.69) is 10.2 Å². The largest absolute Gasteiger partial charge is 0.497 e. The monoisotopic (exact) mass is 381 g/mol. The number of nitrogens with zero attached hydrogens (tertiary/aromatic N) is 2. The first-order valence-electron chi connectivity index (χ1n) is 9.87. The predicted octanol–water partition coefficient (Wildman–Crippen LogP) is 3.43. The van der Waals surface area contributed by atoms with E-state index in [1.807, 2.05) is 47.9 Å². The molecule has 0 atom stereocenters. The first-order valence-corrected chi connectivity index (χ1v) is 9.87. The van der Waals surface area contributed by atoms with Crippen LogP contribution in [0.2, 0.25) is 0 Å². The van der Waals surface area contributed by atoms with Crippen LogP contribution in [-0.4, -0.2) is 48.7 Å². The van der Waals surface area contributed by atoms with Gasteiger partial charge >= 0.3 is 0 Å². The maximum absolute atomic E-state index is 12.9.